The van der Waals surface area contributed by atoms with E-state index in [9.17, 15) is 9.90 Å². The zero-order chi connectivity index (χ0) is 21.8. The predicted octanol–water partition coefficient (Wildman–Crippen LogP) is 4.41. The molecule has 1 aliphatic rings. The number of benzene rings is 2. The number of carboxylic acids is 1. The molecular formula is C24H23ClN2O4. The van der Waals surface area contributed by atoms with Gasteiger partial charge in [-0.05, 0) is 66.3 Å². The van der Waals surface area contributed by atoms with Crippen molar-refractivity contribution in [3.05, 3.63) is 88.1 Å². The highest BCUT2D eigenvalue weighted by Crippen LogP contribution is 2.28. The molecule has 1 heterocycles. The Kier molecular flexibility index (Phi) is 6.51. The van der Waals surface area contributed by atoms with E-state index in [1.807, 2.05) is 24.3 Å². The fourth-order valence-electron chi connectivity index (χ4n) is 3.74. The fourth-order valence-corrected chi connectivity index (χ4v) is 3.87. The Labute approximate surface area is 185 Å². The lowest BCUT2D eigenvalue weighted by Gasteiger charge is -2.27. The highest BCUT2D eigenvalue weighted by molar-refractivity contribution is 6.30. The van der Waals surface area contributed by atoms with Crippen molar-refractivity contribution in [2.75, 3.05) is 6.54 Å². The van der Waals surface area contributed by atoms with E-state index in [0.717, 1.165) is 24.8 Å². The third-order valence-corrected chi connectivity index (χ3v) is 5.72. The zero-order valence-electron chi connectivity index (χ0n) is 16.8. The van der Waals surface area contributed by atoms with Crippen molar-refractivity contribution in [3.63, 3.8) is 0 Å². The summed E-state index contributed by atoms with van der Waals surface area (Å²) in [6.45, 7) is 0.470. The Balaban J connectivity index is 1.36. The number of aromatic nitrogens is 1. The number of carbonyl (C=O) groups is 1. The molecule has 2 atom stereocenters. The summed E-state index contributed by atoms with van der Waals surface area (Å²) < 4.78 is 5.80. The molecule has 6 nitrogen and oxygen atoms in total. The SMILES string of the molecule is O=C(O)c1ccc(Oc2ccc3c(c2)C[C@@H](NC[C@H](O)c2ccc(Cl)cc2)CC3)nc1. The van der Waals surface area contributed by atoms with Gasteiger partial charge < -0.3 is 20.3 Å². The van der Waals surface area contributed by atoms with Crippen LogP contribution in [0.5, 0.6) is 11.6 Å². The van der Waals surface area contributed by atoms with Gasteiger partial charge in [0.15, 0.2) is 0 Å². The number of aliphatic hydroxyl groups is 1. The molecular weight excluding hydrogens is 416 g/mol. The van der Waals surface area contributed by atoms with Crippen molar-refractivity contribution in [2.24, 2.45) is 0 Å². The first-order valence-corrected chi connectivity index (χ1v) is 10.5. The third kappa shape index (κ3) is 5.41. The number of aryl methyl sites for hydroxylation is 1. The van der Waals surface area contributed by atoms with Gasteiger partial charge in [0, 0.05) is 29.9 Å². The van der Waals surface area contributed by atoms with Gasteiger partial charge in [-0.15, -0.1) is 0 Å². The molecule has 0 spiro atoms. The van der Waals surface area contributed by atoms with Gasteiger partial charge >= 0.3 is 5.97 Å². The molecule has 0 aliphatic heterocycles. The van der Waals surface area contributed by atoms with E-state index in [1.165, 1.54) is 23.4 Å². The van der Waals surface area contributed by atoms with Gasteiger partial charge in [0.05, 0.1) is 11.7 Å². The molecule has 1 aliphatic carbocycles. The molecule has 3 aromatic rings. The summed E-state index contributed by atoms with van der Waals surface area (Å²) in [6.07, 6.45) is 3.48. The van der Waals surface area contributed by atoms with Crippen LogP contribution in [0.15, 0.2) is 60.8 Å². The summed E-state index contributed by atoms with van der Waals surface area (Å²) in [4.78, 5) is 15.0. The van der Waals surface area contributed by atoms with E-state index >= 15 is 0 Å². The van der Waals surface area contributed by atoms with Crippen LogP contribution in [0.1, 0.15) is 39.6 Å². The number of ether oxygens (including phenoxy) is 1. The van der Waals surface area contributed by atoms with E-state index in [4.69, 9.17) is 21.4 Å². The summed E-state index contributed by atoms with van der Waals surface area (Å²) in [6, 6.07) is 16.5. The third-order valence-electron chi connectivity index (χ3n) is 5.47. The molecule has 0 amide bonds. The van der Waals surface area contributed by atoms with Crippen LogP contribution in [0, 0.1) is 0 Å². The number of carboxylic acid groups (broad SMARTS) is 1. The van der Waals surface area contributed by atoms with Crippen LogP contribution in [-0.4, -0.2) is 33.8 Å². The fraction of sp³-hybridized carbons (Fsp3) is 0.250. The summed E-state index contributed by atoms with van der Waals surface area (Å²) >= 11 is 5.91. The average molecular weight is 439 g/mol. The molecule has 2 aromatic carbocycles. The summed E-state index contributed by atoms with van der Waals surface area (Å²) in [5.41, 5.74) is 3.44. The number of nitrogens with one attached hydrogen (secondary N) is 1. The molecule has 0 bridgehead atoms. The molecule has 0 unspecified atom stereocenters. The number of fused-ring (bicyclic) bond motifs is 1. The van der Waals surface area contributed by atoms with Crippen molar-refractivity contribution in [3.8, 4) is 11.6 Å². The van der Waals surface area contributed by atoms with Crippen molar-refractivity contribution in [1.82, 2.24) is 10.3 Å². The monoisotopic (exact) mass is 438 g/mol. The number of hydrogen-bond donors (Lipinski definition) is 3. The van der Waals surface area contributed by atoms with Crippen molar-refractivity contribution < 1.29 is 19.7 Å². The van der Waals surface area contributed by atoms with Crippen LogP contribution >= 0.6 is 11.6 Å². The van der Waals surface area contributed by atoms with Gasteiger partial charge in [0.2, 0.25) is 5.88 Å². The molecule has 4 rings (SSSR count). The van der Waals surface area contributed by atoms with Gasteiger partial charge in [0.1, 0.15) is 5.75 Å². The Hall–Kier alpha value is -2.93. The number of nitrogens with zero attached hydrogens (tertiary/aromatic N) is 1. The first kappa shape index (κ1) is 21.3. The minimum atomic E-state index is -1.02. The van der Waals surface area contributed by atoms with Gasteiger partial charge in [-0.1, -0.05) is 29.8 Å². The largest absolute Gasteiger partial charge is 0.478 e. The maximum atomic E-state index is 10.9. The van der Waals surface area contributed by atoms with E-state index in [2.05, 4.69) is 16.4 Å². The van der Waals surface area contributed by atoms with Crippen molar-refractivity contribution in [2.45, 2.75) is 31.4 Å². The van der Waals surface area contributed by atoms with Gasteiger partial charge in [0.25, 0.3) is 0 Å². The predicted molar refractivity (Wildman–Crippen MR) is 118 cm³/mol. The molecule has 0 saturated carbocycles. The quantitative estimate of drug-likeness (QED) is 0.506. The van der Waals surface area contributed by atoms with Gasteiger partial charge in [-0.2, -0.15) is 0 Å². The van der Waals surface area contributed by atoms with Crippen molar-refractivity contribution >= 4 is 17.6 Å². The summed E-state index contributed by atoms with van der Waals surface area (Å²) in [7, 11) is 0. The van der Waals surface area contributed by atoms with Crippen molar-refractivity contribution in [1.29, 1.82) is 0 Å². The summed E-state index contributed by atoms with van der Waals surface area (Å²) in [5, 5.41) is 23.5. The van der Waals surface area contributed by atoms with E-state index in [-0.39, 0.29) is 11.6 Å². The van der Waals surface area contributed by atoms with Crippen LogP contribution in [0.2, 0.25) is 5.02 Å². The molecule has 0 radical (unpaired) electrons. The molecule has 7 heteroatoms. The normalized spacial score (nSPS) is 16.4. The number of rotatable bonds is 7. The highest BCUT2D eigenvalue weighted by Gasteiger charge is 2.20. The van der Waals surface area contributed by atoms with Crippen LogP contribution < -0.4 is 10.1 Å². The number of aromatic carboxylic acids is 1. The van der Waals surface area contributed by atoms with Gasteiger partial charge in [-0.3, -0.25) is 0 Å². The average Bonchev–Trinajstić information content (AvgIpc) is 2.78. The standard InChI is InChI=1S/C24H23ClN2O4/c25-19-6-1-16(2-7-19)22(28)14-26-20-8-3-15-4-9-21(12-18(15)11-20)31-23-10-5-17(13-27-23)24(29)30/h1-2,4-7,9-10,12-13,20,22,26,28H,3,8,11,14H2,(H,29,30)/t20-,22-/m0/s1. The van der Waals surface area contributed by atoms with E-state index in [1.54, 1.807) is 18.2 Å². The van der Waals surface area contributed by atoms with E-state index in [0.29, 0.717) is 23.2 Å². The minimum absolute atomic E-state index is 0.118. The van der Waals surface area contributed by atoms with Crippen LogP contribution in [-0.2, 0) is 12.8 Å². The van der Waals surface area contributed by atoms with Crippen LogP contribution in [0.4, 0.5) is 0 Å². The molecule has 160 valence electrons. The van der Waals surface area contributed by atoms with Gasteiger partial charge in [-0.25, -0.2) is 9.78 Å². The Morgan fingerprint density at radius 3 is 2.68 bits per heavy atom. The highest BCUT2D eigenvalue weighted by atomic mass is 35.5. The summed E-state index contributed by atoms with van der Waals surface area (Å²) in [5.74, 6) is -0.00903. The Morgan fingerprint density at radius 2 is 1.97 bits per heavy atom. The lowest BCUT2D eigenvalue weighted by molar-refractivity contribution is 0.0696. The number of hydrogen-bond acceptors (Lipinski definition) is 5. The molecule has 3 N–H and O–H groups in total. The molecule has 0 saturated heterocycles. The Bertz CT molecular complexity index is 1050. The number of halogens is 1. The lowest BCUT2D eigenvalue weighted by atomic mass is 9.88. The number of pyridine rings is 1. The maximum absolute atomic E-state index is 10.9. The topological polar surface area (TPSA) is 91.7 Å². The first-order valence-electron chi connectivity index (χ1n) is 10.1. The Morgan fingerprint density at radius 1 is 1.16 bits per heavy atom. The first-order chi connectivity index (χ1) is 15.0. The van der Waals surface area contributed by atoms with Crippen LogP contribution in [0.25, 0.3) is 0 Å². The second kappa shape index (κ2) is 9.47. The van der Waals surface area contributed by atoms with Crippen LogP contribution in [0.3, 0.4) is 0 Å². The lowest BCUT2D eigenvalue weighted by Crippen LogP contribution is -2.37. The molecule has 1 aromatic heterocycles. The minimum Gasteiger partial charge on any atom is -0.478 e. The zero-order valence-corrected chi connectivity index (χ0v) is 17.5. The molecule has 31 heavy (non-hydrogen) atoms. The van der Waals surface area contributed by atoms with E-state index < -0.39 is 12.1 Å². The number of aliphatic hydroxyl groups excluding tert-OH is 1. The molecule has 0 fully saturated rings. The smallest absolute Gasteiger partial charge is 0.337 e. The second-order valence-electron chi connectivity index (χ2n) is 7.64. The maximum Gasteiger partial charge on any atom is 0.337 e. The second-order valence-corrected chi connectivity index (χ2v) is 8.07.